The van der Waals surface area contributed by atoms with Gasteiger partial charge in [0.2, 0.25) is 0 Å². The number of ether oxygens (including phenoxy) is 2. The third-order valence-electron chi connectivity index (χ3n) is 6.23. The summed E-state index contributed by atoms with van der Waals surface area (Å²) >= 11 is 0. The van der Waals surface area contributed by atoms with Gasteiger partial charge in [-0.05, 0) is 68.5 Å². The van der Waals surface area contributed by atoms with Gasteiger partial charge in [-0.2, -0.15) is 0 Å². The van der Waals surface area contributed by atoms with E-state index in [1.807, 2.05) is 13.8 Å². The third kappa shape index (κ3) is 5.69. The van der Waals surface area contributed by atoms with Crippen LogP contribution in [0.4, 0.5) is 0 Å². The van der Waals surface area contributed by atoms with Gasteiger partial charge >= 0.3 is 11.9 Å². The summed E-state index contributed by atoms with van der Waals surface area (Å²) in [5, 5.41) is 0. The highest BCUT2D eigenvalue weighted by Gasteiger charge is 2.34. The third-order valence-corrected chi connectivity index (χ3v) is 6.23. The number of esters is 2. The molecule has 2 unspecified atom stereocenters. The van der Waals surface area contributed by atoms with Crippen molar-refractivity contribution < 1.29 is 19.1 Å². The SMILES string of the molecule is Cc1cnc(-c2ccc(C(=O)OC3CCCC3OC(=O)c3ccc(-c4ncc(C)cn4)cc3)cc2)nc1. The van der Waals surface area contributed by atoms with E-state index in [1.165, 1.54) is 0 Å². The summed E-state index contributed by atoms with van der Waals surface area (Å²) in [6.07, 6.45) is 8.11. The van der Waals surface area contributed by atoms with E-state index < -0.39 is 24.1 Å². The molecule has 0 radical (unpaired) electrons. The first kappa shape index (κ1) is 24.2. The quantitative estimate of drug-likeness (QED) is 0.339. The first-order valence-electron chi connectivity index (χ1n) is 12.2. The van der Waals surface area contributed by atoms with Gasteiger partial charge in [0.05, 0.1) is 11.1 Å². The molecule has 1 aliphatic rings. The zero-order valence-corrected chi connectivity index (χ0v) is 20.6. The Bertz CT molecular complexity index is 1280. The zero-order valence-electron chi connectivity index (χ0n) is 20.6. The molecule has 1 saturated carbocycles. The Morgan fingerprint density at radius 2 is 0.973 bits per heavy atom. The topological polar surface area (TPSA) is 104 Å². The molecular weight excluding hydrogens is 468 g/mol. The van der Waals surface area contributed by atoms with Gasteiger partial charge in [0.25, 0.3) is 0 Å². The van der Waals surface area contributed by atoms with Crippen molar-refractivity contribution >= 4 is 11.9 Å². The minimum Gasteiger partial charge on any atom is -0.455 e. The molecule has 2 aromatic heterocycles. The minimum atomic E-state index is -0.489. The summed E-state index contributed by atoms with van der Waals surface area (Å²) in [4.78, 5) is 42.8. The van der Waals surface area contributed by atoms with E-state index >= 15 is 0 Å². The zero-order chi connectivity index (χ0) is 25.8. The van der Waals surface area contributed by atoms with Crippen LogP contribution in [0.25, 0.3) is 22.8 Å². The van der Waals surface area contributed by atoms with Gasteiger partial charge in [-0.25, -0.2) is 29.5 Å². The second kappa shape index (κ2) is 10.7. The predicted octanol–water partition coefficient (Wildman–Crippen LogP) is 5.15. The largest absolute Gasteiger partial charge is 0.455 e. The van der Waals surface area contributed by atoms with Gasteiger partial charge in [-0.15, -0.1) is 0 Å². The van der Waals surface area contributed by atoms with Crippen LogP contribution in [0.5, 0.6) is 0 Å². The van der Waals surface area contributed by atoms with Gasteiger partial charge < -0.3 is 9.47 Å². The van der Waals surface area contributed by atoms with Gasteiger partial charge in [0, 0.05) is 35.9 Å². The Hall–Kier alpha value is -4.46. The lowest BCUT2D eigenvalue weighted by molar-refractivity contribution is -0.0239. The summed E-state index contributed by atoms with van der Waals surface area (Å²) < 4.78 is 11.5. The first-order valence-corrected chi connectivity index (χ1v) is 12.2. The molecule has 0 saturated heterocycles. The normalized spacial score (nSPS) is 16.8. The van der Waals surface area contributed by atoms with E-state index in [1.54, 1.807) is 73.3 Å². The highest BCUT2D eigenvalue weighted by Crippen LogP contribution is 2.27. The molecule has 37 heavy (non-hydrogen) atoms. The molecule has 5 rings (SSSR count). The van der Waals surface area contributed by atoms with E-state index in [0.717, 1.165) is 28.7 Å². The minimum absolute atomic E-state index is 0.418. The monoisotopic (exact) mass is 494 g/mol. The number of aryl methyl sites for hydroxylation is 2. The van der Waals surface area contributed by atoms with Gasteiger partial charge in [-0.3, -0.25) is 0 Å². The van der Waals surface area contributed by atoms with Crippen molar-refractivity contribution in [1.82, 2.24) is 19.9 Å². The number of aromatic nitrogens is 4. The molecule has 2 heterocycles. The van der Waals surface area contributed by atoms with Crippen LogP contribution in [0.3, 0.4) is 0 Å². The first-order chi connectivity index (χ1) is 18.0. The Morgan fingerprint density at radius 3 is 1.32 bits per heavy atom. The molecular formula is C29H26N4O4. The molecule has 2 atom stereocenters. The maximum atomic E-state index is 12.8. The van der Waals surface area contributed by atoms with E-state index in [0.29, 0.717) is 35.6 Å². The molecule has 0 amide bonds. The fourth-order valence-electron chi connectivity index (χ4n) is 4.17. The standard InChI is InChI=1S/C29H26N4O4/c1-18-14-30-26(31-15-18)20-6-10-22(11-7-20)28(34)36-24-4-3-5-25(24)37-29(35)23-12-8-21(9-13-23)27-32-16-19(2)17-33-27/h6-17,24-25H,3-5H2,1-2H3. The van der Waals surface area contributed by atoms with Crippen molar-refractivity contribution in [3.05, 3.63) is 95.6 Å². The fourth-order valence-corrected chi connectivity index (χ4v) is 4.17. The lowest BCUT2D eigenvalue weighted by Crippen LogP contribution is -2.30. The van der Waals surface area contributed by atoms with E-state index in [9.17, 15) is 9.59 Å². The van der Waals surface area contributed by atoms with E-state index in [-0.39, 0.29) is 0 Å². The number of carbonyl (C=O) groups excluding carboxylic acids is 2. The van der Waals surface area contributed by atoms with Crippen LogP contribution in [0.15, 0.2) is 73.3 Å². The lowest BCUT2D eigenvalue weighted by Gasteiger charge is -2.20. The average molecular weight is 495 g/mol. The van der Waals surface area contributed by atoms with Crippen LogP contribution < -0.4 is 0 Å². The molecule has 4 aromatic rings. The Labute approximate surface area is 214 Å². The lowest BCUT2D eigenvalue weighted by atomic mass is 10.1. The number of carbonyl (C=O) groups is 2. The molecule has 1 aliphatic carbocycles. The molecule has 0 aliphatic heterocycles. The maximum Gasteiger partial charge on any atom is 0.338 e. The van der Waals surface area contributed by atoms with E-state index in [2.05, 4.69) is 19.9 Å². The molecule has 8 nitrogen and oxygen atoms in total. The van der Waals surface area contributed by atoms with Crippen molar-refractivity contribution in [3.63, 3.8) is 0 Å². The summed E-state index contributed by atoms with van der Waals surface area (Å²) in [6, 6.07) is 13.9. The van der Waals surface area contributed by atoms with Crippen molar-refractivity contribution in [1.29, 1.82) is 0 Å². The molecule has 2 aromatic carbocycles. The van der Waals surface area contributed by atoms with Crippen LogP contribution >= 0.6 is 0 Å². The van der Waals surface area contributed by atoms with Gasteiger partial charge in [0.15, 0.2) is 11.6 Å². The molecule has 0 N–H and O–H groups in total. The summed E-state index contributed by atoms with van der Waals surface area (Å²) in [5.74, 6) is 0.277. The van der Waals surface area contributed by atoms with Crippen LogP contribution in [-0.2, 0) is 9.47 Å². The van der Waals surface area contributed by atoms with Crippen molar-refractivity contribution in [2.75, 3.05) is 0 Å². The summed E-state index contributed by atoms with van der Waals surface area (Å²) in [6.45, 7) is 3.85. The van der Waals surface area contributed by atoms with Crippen molar-refractivity contribution in [2.24, 2.45) is 0 Å². The Balaban J connectivity index is 1.19. The van der Waals surface area contributed by atoms with Crippen LogP contribution in [0.1, 0.15) is 51.1 Å². The number of hydrogen-bond acceptors (Lipinski definition) is 8. The van der Waals surface area contributed by atoms with Crippen LogP contribution in [0.2, 0.25) is 0 Å². The Morgan fingerprint density at radius 1 is 0.622 bits per heavy atom. The van der Waals surface area contributed by atoms with Crippen molar-refractivity contribution in [2.45, 2.75) is 45.3 Å². The predicted molar refractivity (Wildman–Crippen MR) is 137 cm³/mol. The highest BCUT2D eigenvalue weighted by atomic mass is 16.6. The molecule has 0 bridgehead atoms. The fraction of sp³-hybridized carbons (Fsp3) is 0.241. The second-order valence-electron chi connectivity index (χ2n) is 9.14. The molecule has 8 heteroatoms. The molecule has 186 valence electrons. The molecule has 1 fully saturated rings. The average Bonchev–Trinajstić information content (AvgIpc) is 3.36. The number of hydrogen-bond donors (Lipinski definition) is 0. The number of benzene rings is 2. The number of nitrogens with zero attached hydrogens (tertiary/aromatic N) is 4. The van der Waals surface area contributed by atoms with Crippen LogP contribution in [-0.4, -0.2) is 44.1 Å². The smallest absolute Gasteiger partial charge is 0.338 e. The van der Waals surface area contributed by atoms with Gasteiger partial charge in [-0.1, -0.05) is 24.3 Å². The maximum absolute atomic E-state index is 12.8. The summed E-state index contributed by atoms with van der Waals surface area (Å²) in [5.41, 5.74) is 4.41. The van der Waals surface area contributed by atoms with Crippen molar-refractivity contribution in [3.8, 4) is 22.8 Å². The van der Waals surface area contributed by atoms with E-state index in [4.69, 9.17) is 9.47 Å². The second-order valence-corrected chi connectivity index (χ2v) is 9.14. The summed E-state index contributed by atoms with van der Waals surface area (Å²) in [7, 11) is 0. The van der Waals surface area contributed by atoms with Gasteiger partial charge in [0.1, 0.15) is 12.2 Å². The molecule has 0 spiro atoms. The number of rotatable bonds is 6. The van der Waals surface area contributed by atoms with Crippen LogP contribution in [0, 0.1) is 13.8 Å². The Kier molecular flexibility index (Phi) is 6.98. The highest BCUT2D eigenvalue weighted by molar-refractivity contribution is 5.91.